The summed E-state index contributed by atoms with van der Waals surface area (Å²) in [6.45, 7) is 6.60. The smallest absolute Gasteiger partial charge is 0.255 e. The van der Waals surface area contributed by atoms with Crippen molar-refractivity contribution in [2.45, 2.75) is 26.2 Å². The molecule has 0 bridgehead atoms. The van der Waals surface area contributed by atoms with Gasteiger partial charge in [0.1, 0.15) is 0 Å². The molecule has 3 nitrogen and oxygen atoms in total. The van der Waals surface area contributed by atoms with Gasteiger partial charge in [0.15, 0.2) is 0 Å². The second-order valence-electron chi connectivity index (χ2n) is 7.64. The summed E-state index contributed by atoms with van der Waals surface area (Å²) >= 11 is 16.8. The monoisotopic (exact) mass is 493 g/mol. The van der Waals surface area contributed by atoms with E-state index < -0.39 is 0 Å². The Bertz CT molecular complexity index is 1010. The Morgan fingerprint density at radius 1 is 1.24 bits per heavy atom. The van der Waals surface area contributed by atoms with Gasteiger partial charge in [-0.05, 0) is 59.9 Å². The molecule has 1 amide bonds. The quantitative estimate of drug-likeness (QED) is 0.502. The van der Waals surface area contributed by atoms with Crippen LogP contribution in [0.15, 0.2) is 34.3 Å². The first-order chi connectivity index (χ1) is 13.9. The lowest BCUT2D eigenvalue weighted by molar-refractivity contribution is 0.0303. The zero-order valence-electron chi connectivity index (χ0n) is 16.4. The van der Waals surface area contributed by atoms with Gasteiger partial charge in [0, 0.05) is 28.5 Å². The highest BCUT2D eigenvalue weighted by atomic mass is 79.9. The summed E-state index contributed by atoms with van der Waals surface area (Å²) < 4.78 is 6.44. The number of morpholine rings is 1. The maximum absolute atomic E-state index is 13.0. The van der Waals surface area contributed by atoms with Crippen molar-refractivity contribution in [3.63, 3.8) is 0 Å². The lowest BCUT2D eigenvalue weighted by atomic mass is 9.92. The first-order valence-electron chi connectivity index (χ1n) is 9.71. The van der Waals surface area contributed by atoms with Crippen LogP contribution in [0, 0.1) is 6.92 Å². The number of hydrogen-bond acceptors (Lipinski definition) is 2. The zero-order valence-corrected chi connectivity index (χ0v) is 19.5. The zero-order chi connectivity index (χ0) is 20.7. The third-order valence-corrected chi connectivity index (χ3v) is 7.08. The number of halogens is 3. The highest BCUT2D eigenvalue weighted by Crippen LogP contribution is 2.42. The molecule has 6 heteroatoms. The molecule has 0 radical (unpaired) electrons. The van der Waals surface area contributed by atoms with Crippen molar-refractivity contribution < 1.29 is 9.53 Å². The summed E-state index contributed by atoms with van der Waals surface area (Å²) in [6, 6.07) is 7.82. The Labute approximate surface area is 189 Å². The molecule has 1 unspecified atom stereocenters. The fourth-order valence-electron chi connectivity index (χ4n) is 4.12. The van der Waals surface area contributed by atoms with Gasteiger partial charge in [-0.1, -0.05) is 57.7 Å². The van der Waals surface area contributed by atoms with E-state index in [-0.39, 0.29) is 11.8 Å². The SMILES string of the molecule is Cc1cc(Br)cc2c1C=C(Cc1c(Cl)ccc(C(=O)N3CCOCC3)c1Cl)C2C. The number of allylic oxidation sites excluding steroid dienone is 1. The van der Waals surface area contributed by atoms with Crippen molar-refractivity contribution >= 4 is 51.1 Å². The largest absolute Gasteiger partial charge is 0.378 e. The molecule has 1 aliphatic carbocycles. The van der Waals surface area contributed by atoms with Crippen LogP contribution in [-0.2, 0) is 11.2 Å². The van der Waals surface area contributed by atoms with Crippen molar-refractivity contribution in [3.8, 4) is 0 Å². The molecule has 29 heavy (non-hydrogen) atoms. The van der Waals surface area contributed by atoms with E-state index in [4.69, 9.17) is 27.9 Å². The molecule has 0 N–H and O–H groups in total. The van der Waals surface area contributed by atoms with E-state index in [1.165, 1.54) is 22.3 Å². The Morgan fingerprint density at radius 3 is 2.69 bits per heavy atom. The summed E-state index contributed by atoms with van der Waals surface area (Å²) in [6.07, 6.45) is 2.86. The second kappa shape index (κ2) is 8.43. The molecule has 0 saturated carbocycles. The van der Waals surface area contributed by atoms with E-state index in [1.54, 1.807) is 17.0 Å². The Kier molecular flexibility index (Phi) is 6.08. The summed E-state index contributed by atoms with van der Waals surface area (Å²) in [7, 11) is 0. The van der Waals surface area contributed by atoms with Gasteiger partial charge in [0.2, 0.25) is 0 Å². The predicted molar refractivity (Wildman–Crippen MR) is 122 cm³/mol. The number of carbonyl (C=O) groups excluding carboxylic acids is 1. The average Bonchev–Trinajstić information content (AvgIpc) is 3.01. The number of benzene rings is 2. The minimum Gasteiger partial charge on any atom is -0.378 e. The topological polar surface area (TPSA) is 29.5 Å². The summed E-state index contributed by atoms with van der Waals surface area (Å²) in [5.41, 5.74) is 6.39. The summed E-state index contributed by atoms with van der Waals surface area (Å²) in [5.74, 6) is 0.208. The lowest BCUT2D eigenvalue weighted by Gasteiger charge is -2.27. The van der Waals surface area contributed by atoms with Crippen molar-refractivity contribution in [1.82, 2.24) is 4.90 Å². The maximum atomic E-state index is 13.0. The fourth-order valence-corrected chi connectivity index (χ4v) is 5.29. The van der Waals surface area contributed by atoms with Crippen LogP contribution in [0.2, 0.25) is 10.0 Å². The van der Waals surface area contributed by atoms with Gasteiger partial charge in [-0.15, -0.1) is 0 Å². The van der Waals surface area contributed by atoms with Gasteiger partial charge in [0.25, 0.3) is 5.91 Å². The molecule has 152 valence electrons. The highest BCUT2D eigenvalue weighted by molar-refractivity contribution is 9.10. The van der Waals surface area contributed by atoms with Crippen LogP contribution in [0.25, 0.3) is 6.08 Å². The molecule has 0 aromatic heterocycles. The van der Waals surface area contributed by atoms with Crippen LogP contribution in [-0.4, -0.2) is 37.1 Å². The minimum atomic E-state index is -0.0623. The van der Waals surface area contributed by atoms with Crippen molar-refractivity contribution in [2.24, 2.45) is 0 Å². The molecule has 1 heterocycles. The van der Waals surface area contributed by atoms with Crippen molar-refractivity contribution in [2.75, 3.05) is 26.3 Å². The second-order valence-corrected chi connectivity index (χ2v) is 9.34. The van der Waals surface area contributed by atoms with Crippen LogP contribution in [0.1, 0.15) is 45.5 Å². The van der Waals surface area contributed by atoms with Gasteiger partial charge in [0.05, 0.1) is 23.8 Å². The van der Waals surface area contributed by atoms with Gasteiger partial charge in [-0.2, -0.15) is 0 Å². The van der Waals surface area contributed by atoms with Gasteiger partial charge >= 0.3 is 0 Å². The normalized spacial score (nSPS) is 18.6. The number of rotatable bonds is 3. The fraction of sp³-hybridized carbons (Fsp3) is 0.348. The Balaban J connectivity index is 1.65. The van der Waals surface area contributed by atoms with Crippen LogP contribution < -0.4 is 0 Å². The molecule has 0 spiro atoms. The van der Waals surface area contributed by atoms with Gasteiger partial charge < -0.3 is 9.64 Å². The van der Waals surface area contributed by atoms with E-state index >= 15 is 0 Å². The number of fused-ring (bicyclic) bond motifs is 1. The summed E-state index contributed by atoms with van der Waals surface area (Å²) in [5, 5.41) is 1.05. The van der Waals surface area contributed by atoms with Crippen LogP contribution in [0.5, 0.6) is 0 Å². The van der Waals surface area contributed by atoms with Crippen LogP contribution >= 0.6 is 39.1 Å². The molecule has 2 aromatic carbocycles. The first-order valence-corrected chi connectivity index (χ1v) is 11.3. The number of amides is 1. The molecule has 1 fully saturated rings. The molecule has 2 aliphatic rings. The minimum absolute atomic E-state index is 0.0623. The number of aryl methyl sites for hydroxylation is 1. The molecule has 4 rings (SSSR count). The average molecular weight is 495 g/mol. The van der Waals surface area contributed by atoms with E-state index in [0.29, 0.717) is 48.3 Å². The van der Waals surface area contributed by atoms with E-state index in [1.807, 2.05) is 0 Å². The van der Waals surface area contributed by atoms with E-state index in [0.717, 1.165) is 10.0 Å². The molecule has 1 saturated heterocycles. The number of carbonyl (C=O) groups is 1. The van der Waals surface area contributed by atoms with Crippen LogP contribution in [0.3, 0.4) is 0 Å². The number of hydrogen-bond donors (Lipinski definition) is 0. The number of ether oxygens (including phenoxy) is 1. The van der Waals surface area contributed by atoms with Crippen molar-refractivity contribution in [1.29, 1.82) is 0 Å². The maximum Gasteiger partial charge on any atom is 0.255 e. The number of nitrogens with zero attached hydrogens (tertiary/aromatic N) is 1. The van der Waals surface area contributed by atoms with E-state index in [2.05, 4.69) is 48.0 Å². The molecular formula is C23H22BrCl2NO2. The molecule has 1 atom stereocenters. The third kappa shape index (κ3) is 4.00. The predicted octanol–water partition coefficient (Wildman–Crippen LogP) is 6.28. The van der Waals surface area contributed by atoms with E-state index in [9.17, 15) is 4.79 Å². The van der Waals surface area contributed by atoms with Gasteiger partial charge in [-0.3, -0.25) is 4.79 Å². The third-order valence-electron chi connectivity index (χ3n) is 5.83. The first kappa shape index (κ1) is 20.9. The Hall–Kier alpha value is -1.33. The molecule has 1 aliphatic heterocycles. The van der Waals surface area contributed by atoms with Crippen LogP contribution in [0.4, 0.5) is 0 Å². The lowest BCUT2D eigenvalue weighted by Crippen LogP contribution is -2.40. The van der Waals surface area contributed by atoms with Crippen molar-refractivity contribution in [3.05, 3.63) is 72.2 Å². The van der Waals surface area contributed by atoms with Gasteiger partial charge in [-0.25, -0.2) is 0 Å². The standard InChI is InChI=1S/C23H22BrCl2NO2/c1-13-9-16(24)12-19-14(2)15(10-18(13)19)11-20-21(25)4-3-17(22(20)26)23(28)27-5-7-29-8-6-27/h3-4,9-10,12,14H,5-8,11H2,1-2H3. The highest BCUT2D eigenvalue weighted by Gasteiger charge is 2.27. The Morgan fingerprint density at radius 2 is 1.97 bits per heavy atom. The molecule has 2 aromatic rings. The summed E-state index contributed by atoms with van der Waals surface area (Å²) in [4.78, 5) is 14.8. The molecular weight excluding hydrogens is 473 g/mol.